The van der Waals surface area contributed by atoms with Crippen LogP contribution in [-0.4, -0.2) is 21.8 Å². The summed E-state index contributed by atoms with van der Waals surface area (Å²) < 4.78 is 0. The third kappa shape index (κ3) is 5.07. The average Bonchev–Trinajstić information content (AvgIpc) is 2.83. The van der Waals surface area contributed by atoms with Crippen molar-refractivity contribution in [1.82, 2.24) is 4.98 Å². The van der Waals surface area contributed by atoms with E-state index in [-0.39, 0.29) is 17.3 Å². The number of hydrogen-bond donors (Lipinski definition) is 1. The Labute approximate surface area is 193 Å². The van der Waals surface area contributed by atoms with Crippen LogP contribution in [-0.2, 0) is 0 Å². The maximum absolute atomic E-state index is 13.2. The molecule has 4 heteroatoms. The van der Waals surface area contributed by atoms with Crippen LogP contribution in [0.25, 0.3) is 11.1 Å². The van der Waals surface area contributed by atoms with Crippen LogP contribution in [0.15, 0.2) is 91.1 Å². The minimum Gasteiger partial charge on any atom is -0.478 e. The van der Waals surface area contributed by atoms with E-state index in [1.165, 1.54) is 0 Å². The zero-order chi connectivity index (χ0) is 23.4. The number of carbonyl (C=O) groups is 2. The van der Waals surface area contributed by atoms with Crippen molar-refractivity contribution >= 4 is 11.8 Å². The van der Waals surface area contributed by atoms with Crippen LogP contribution in [0.2, 0.25) is 0 Å². The van der Waals surface area contributed by atoms with E-state index in [9.17, 15) is 9.59 Å². The van der Waals surface area contributed by atoms with Gasteiger partial charge in [-0.15, -0.1) is 0 Å². The van der Waals surface area contributed by atoms with Crippen LogP contribution in [0.4, 0.5) is 0 Å². The second-order valence-corrected chi connectivity index (χ2v) is 8.23. The molecule has 1 atom stereocenters. The van der Waals surface area contributed by atoms with E-state index < -0.39 is 5.97 Å². The van der Waals surface area contributed by atoms with Crippen LogP contribution in [0.5, 0.6) is 0 Å². The van der Waals surface area contributed by atoms with Crippen molar-refractivity contribution in [1.29, 1.82) is 0 Å². The molecule has 1 heterocycles. The number of hydrogen-bond acceptors (Lipinski definition) is 3. The molecule has 0 aliphatic rings. The Bertz CT molecular complexity index is 1290. The van der Waals surface area contributed by atoms with Crippen molar-refractivity contribution in [3.05, 3.63) is 125 Å². The molecular formula is C29H25NO3. The van der Waals surface area contributed by atoms with Crippen LogP contribution >= 0.6 is 0 Å². The van der Waals surface area contributed by atoms with Gasteiger partial charge in [0.1, 0.15) is 0 Å². The number of ketones is 1. The lowest BCUT2D eigenvalue weighted by molar-refractivity contribution is 0.0696. The molecule has 0 radical (unpaired) electrons. The monoisotopic (exact) mass is 435 g/mol. The minimum atomic E-state index is -0.938. The molecule has 0 fully saturated rings. The highest BCUT2D eigenvalue weighted by Gasteiger charge is 2.21. The highest BCUT2D eigenvalue weighted by Crippen LogP contribution is 2.33. The standard InChI is InChI=1S/C29H25NO3/c1-19-5-3-4-6-26(19)27(18-28(31)25-15-16-30-20(2)17-25)23-11-7-21(8-12-23)22-9-13-24(14-10-22)29(32)33/h3-17,27H,18H2,1-2H3,(H,32,33). The smallest absolute Gasteiger partial charge is 0.335 e. The predicted octanol–water partition coefficient (Wildman–Crippen LogP) is 6.47. The zero-order valence-electron chi connectivity index (χ0n) is 18.7. The number of benzene rings is 3. The van der Waals surface area contributed by atoms with Gasteiger partial charge < -0.3 is 5.11 Å². The Morgan fingerprint density at radius 1 is 0.818 bits per heavy atom. The Hall–Kier alpha value is -4.05. The maximum atomic E-state index is 13.2. The van der Waals surface area contributed by atoms with Crippen molar-refractivity contribution in [3.63, 3.8) is 0 Å². The van der Waals surface area contributed by atoms with Gasteiger partial charge in [0.25, 0.3) is 0 Å². The Kier molecular flexibility index (Phi) is 6.45. The maximum Gasteiger partial charge on any atom is 0.335 e. The summed E-state index contributed by atoms with van der Waals surface area (Å²) in [5, 5.41) is 9.11. The van der Waals surface area contributed by atoms with E-state index >= 15 is 0 Å². The molecule has 3 aromatic carbocycles. The molecular weight excluding hydrogens is 410 g/mol. The number of Topliss-reactive ketones (excluding diaryl/α,β-unsaturated/α-hetero) is 1. The molecule has 0 amide bonds. The van der Waals surface area contributed by atoms with E-state index in [0.29, 0.717) is 12.0 Å². The highest BCUT2D eigenvalue weighted by molar-refractivity contribution is 5.97. The molecule has 0 spiro atoms. The number of aromatic nitrogens is 1. The normalized spacial score (nSPS) is 11.7. The summed E-state index contributed by atoms with van der Waals surface area (Å²) >= 11 is 0. The molecule has 0 aliphatic carbocycles. The van der Waals surface area contributed by atoms with Crippen molar-refractivity contribution in [2.45, 2.75) is 26.2 Å². The number of carboxylic acids is 1. The summed E-state index contributed by atoms with van der Waals surface area (Å²) in [5.74, 6) is -0.926. The second-order valence-electron chi connectivity index (χ2n) is 8.23. The van der Waals surface area contributed by atoms with Gasteiger partial charge in [0.2, 0.25) is 0 Å². The van der Waals surface area contributed by atoms with Crippen molar-refractivity contribution in [3.8, 4) is 11.1 Å². The molecule has 0 saturated carbocycles. The lowest BCUT2D eigenvalue weighted by Crippen LogP contribution is -2.11. The summed E-state index contributed by atoms with van der Waals surface area (Å²) in [6, 6.07) is 26.8. The number of nitrogens with zero attached hydrogens (tertiary/aromatic N) is 1. The topological polar surface area (TPSA) is 67.3 Å². The summed E-state index contributed by atoms with van der Waals surface area (Å²) in [5.41, 5.74) is 7.05. The van der Waals surface area contributed by atoms with Crippen molar-refractivity contribution in [2.24, 2.45) is 0 Å². The predicted molar refractivity (Wildman–Crippen MR) is 130 cm³/mol. The molecule has 33 heavy (non-hydrogen) atoms. The highest BCUT2D eigenvalue weighted by atomic mass is 16.4. The van der Waals surface area contributed by atoms with Gasteiger partial charge in [0.05, 0.1) is 5.56 Å². The largest absolute Gasteiger partial charge is 0.478 e. The van der Waals surface area contributed by atoms with Gasteiger partial charge in [-0.2, -0.15) is 0 Å². The minimum absolute atomic E-state index is 0.0735. The number of pyridine rings is 1. The molecule has 1 unspecified atom stereocenters. The van der Waals surface area contributed by atoms with Crippen LogP contribution in [0.1, 0.15) is 55.4 Å². The number of carbonyl (C=O) groups excluding carboxylic acids is 1. The molecule has 1 N–H and O–H groups in total. The van der Waals surface area contributed by atoms with Gasteiger partial charge >= 0.3 is 5.97 Å². The van der Waals surface area contributed by atoms with E-state index in [0.717, 1.165) is 33.5 Å². The molecule has 4 rings (SSSR count). The lowest BCUT2D eigenvalue weighted by atomic mass is 9.83. The fraction of sp³-hybridized carbons (Fsp3) is 0.138. The molecule has 1 aromatic heterocycles. The van der Waals surface area contributed by atoms with Gasteiger partial charge in [-0.3, -0.25) is 9.78 Å². The molecule has 0 bridgehead atoms. The first-order chi connectivity index (χ1) is 15.9. The molecule has 4 aromatic rings. The Balaban J connectivity index is 1.66. The first kappa shape index (κ1) is 22.2. The van der Waals surface area contributed by atoms with Crippen LogP contribution < -0.4 is 0 Å². The van der Waals surface area contributed by atoms with E-state index in [2.05, 4.69) is 36.2 Å². The van der Waals surface area contributed by atoms with Crippen molar-refractivity contribution in [2.75, 3.05) is 0 Å². The van der Waals surface area contributed by atoms with E-state index in [1.54, 1.807) is 24.4 Å². The van der Waals surface area contributed by atoms with Crippen molar-refractivity contribution < 1.29 is 14.7 Å². The summed E-state index contributed by atoms with van der Waals surface area (Å²) in [6.45, 7) is 3.96. The Morgan fingerprint density at radius 3 is 2.06 bits per heavy atom. The van der Waals surface area contributed by atoms with Crippen LogP contribution in [0, 0.1) is 13.8 Å². The molecule has 164 valence electrons. The number of rotatable bonds is 7. The van der Waals surface area contributed by atoms with E-state index in [1.807, 2.05) is 49.4 Å². The fourth-order valence-corrected chi connectivity index (χ4v) is 4.12. The Morgan fingerprint density at radius 2 is 1.45 bits per heavy atom. The average molecular weight is 436 g/mol. The summed E-state index contributed by atoms with van der Waals surface area (Å²) in [4.78, 5) is 28.5. The van der Waals surface area contributed by atoms with Gasteiger partial charge in [0, 0.05) is 29.8 Å². The summed E-state index contributed by atoms with van der Waals surface area (Å²) in [7, 11) is 0. The first-order valence-corrected chi connectivity index (χ1v) is 10.9. The molecule has 0 saturated heterocycles. The number of aryl methyl sites for hydroxylation is 2. The van der Waals surface area contributed by atoms with E-state index in [4.69, 9.17) is 5.11 Å². The number of aromatic carboxylic acids is 1. The SMILES string of the molecule is Cc1cc(C(=O)CC(c2ccc(-c3ccc(C(=O)O)cc3)cc2)c2ccccc2C)ccn1. The second kappa shape index (κ2) is 9.61. The lowest BCUT2D eigenvalue weighted by Gasteiger charge is -2.20. The fourth-order valence-electron chi connectivity index (χ4n) is 4.12. The number of carboxylic acid groups (broad SMARTS) is 1. The van der Waals surface area contributed by atoms with Crippen LogP contribution in [0.3, 0.4) is 0 Å². The zero-order valence-corrected chi connectivity index (χ0v) is 18.7. The molecule has 4 nitrogen and oxygen atoms in total. The summed E-state index contributed by atoms with van der Waals surface area (Å²) in [6.07, 6.45) is 2.04. The third-order valence-electron chi connectivity index (χ3n) is 5.95. The molecule has 0 aliphatic heterocycles. The van der Waals surface area contributed by atoms with Gasteiger partial charge in [-0.25, -0.2) is 4.79 Å². The quantitative estimate of drug-likeness (QED) is 0.338. The third-order valence-corrected chi connectivity index (χ3v) is 5.95. The van der Waals surface area contributed by atoms with Gasteiger partial charge in [-0.1, -0.05) is 60.7 Å². The first-order valence-electron chi connectivity index (χ1n) is 10.9. The van der Waals surface area contributed by atoms with Gasteiger partial charge in [-0.05, 0) is 65.9 Å². The van der Waals surface area contributed by atoms with Gasteiger partial charge in [0.15, 0.2) is 5.78 Å².